The van der Waals surface area contributed by atoms with Crippen LogP contribution in [0.1, 0.15) is 12.8 Å². The Kier molecular flexibility index (Phi) is 0.848. The zero-order valence-electron chi connectivity index (χ0n) is 7.10. The highest BCUT2D eigenvalue weighted by Crippen LogP contribution is 2.70. The molecule has 1 aliphatic heterocycles. The highest BCUT2D eigenvalue weighted by molar-refractivity contribution is 5.97. The van der Waals surface area contributed by atoms with Crippen LogP contribution in [0.3, 0.4) is 0 Å². The van der Waals surface area contributed by atoms with E-state index in [2.05, 4.69) is 0 Å². The molecule has 13 heavy (non-hydrogen) atoms. The summed E-state index contributed by atoms with van der Waals surface area (Å²) in [5.41, 5.74) is 0. The number of rotatable bonds is 0. The summed E-state index contributed by atoms with van der Waals surface area (Å²) >= 11 is 0. The van der Waals surface area contributed by atoms with Gasteiger partial charge in [-0.15, -0.1) is 0 Å². The molecule has 4 fully saturated rings. The van der Waals surface area contributed by atoms with Crippen molar-refractivity contribution in [3.8, 4) is 0 Å². The van der Waals surface area contributed by atoms with Crippen molar-refractivity contribution >= 4 is 11.9 Å². The molecule has 2 bridgehead atoms. The van der Waals surface area contributed by atoms with Crippen LogP contribution in [-0.2, 0) is 14.3 Å². The number of carbonyl (C=O) groups excluding carboxylic acids is 2. The molecule has 0 aromatic carbocycles. The van der Waals surface area contributed by atoms with Gasteiger partial charge in [-0.2, -0.15) is 0 Å². The van der Waals surface area contributed by atoms with Crippen molar-refractivity contribution in [2.45, 2.75) is 12.8 Å². The first-order chi connectivity index (χ1) is 6.27. The molecular formula is C10H10O3. The van der Waals surface area contributed by atoms with Crippen molar-refractivity contribution in [2.24, 2.45) is 35.5 Å². The molecule has 0 aromatic rings. The van der Waals surface area contributed by atoms with Gasteiger partial charge in [0.25, 0.3) is 0 Å². The Hall–Kier alpha value is -0.860. The first kappa shape index (κ1) is 6.57. The summed E-state index contributed by atoms with van der Waals surface area (Å²) in [7, 11) is 0. The minimum atomic E-state index is -0.229. The summed E-state index contributed by atoms with van der Waals surface area (Å²) in [6, 6.07) is 0. The van der Waals surface area contributed by atoms with E-state index in [9.17, 15) is 9.59 Å². The van der Waals surface area contributed by atoms with Gasteiger partial charge in [0.05, 0.1) is 11.8 Å². The van der Waals surface area contributed by atoms with Gasteiger partial charge < -0.3 is 4.74 Å². The molecule has 1 saturated heterocycles. The Balaban J connectivity index is 1.84. The SMILES string of the molecule is O=C1OC(=O)[C@H]2C3CC([C@H]4C[C@@H]34)[C@@H]12. The Morgan fingerprint density at radius 1 is 0.846 bits per heavy atom. The van der Waals surface area contributed by atoms with Gasteiger partial charge in [-0.1, -0.05) is 0 Å². The summed E-state index contributed by atoms with van der Waals surface area (Å²) in [6.07, 6.45) is 2.38. The summed E-state index contributed by atoms with van der Waals surface area (Å²) in [5, 5.41) is 0. The minimum absolute atomic E-state index is 0.0405. The predicted molar refractivity (Wildman–Crippen MR) is 41.3 cm³/mol. The molecule has 4 aliphatic rings. The van der Waals surface area contributed by atoms with Crippen LogP contribution in [0.2, 0.25) is 0 Å². The molecule has 3 aliphatic carbocycles. The fraction of sp³-hybridized carbons (Fsp3) is 0.800. The number of esters is 2. The second-order valence-electron chi connectivity index (χ2n) is 4.92. The molecule has 0 radical (unpaired) electrons. The van der Waals surface area contributed by atoms with Gasteiger partial charge in [-0.25, -0.2) is 0 Å². The van der Waals surface area contributed by atoms with Crippen molar-refractivity contribution in [1.82, 2.24) is 0 Å². The molecular weight excluding hydrogens is 168 g/mol. The molecule has 0 aromatic heterocycles. The van der Waals surface area contributed by atoms with Crippen molar-refractivity contribution in [3.05, 3.63) is 0 Å². The third-order valence-electron chi connectivity index (χ3n) is 4.59. The largest absolute Gasteiger partial charge is 0.393 e. The second-order valence-corrected chi connectivity index (χ2v) is 4.92. The van der Waals surface area contributed by atoms with Crippen LogP contribution in [0.15, 0.2) is 0 Å². The topological polar surface area (TPSA) is 43.4 Å². The van der Waals surface area contributed by atoms with Crippen molar-refractivity contribution < 1.29 is 14.3 Å². The maximum atomic E-state index is 11.4. The first-order valence-electron chi connectivity index (χ1n) is 5.03. The number of hydrogen-bond donors (Lipinski definition) is 0. The lowest BCUT2D eigenvalue weighted by atomic mass is 9.81. The number of cyclic esters (lactones) is 2. The summed E-state index contributed by atoms with van der Waals surface area (Å²) < 4.78 is 4.70. The van der Waals surface area contributed by atoms with Crippen LogP contribution < -0.4 is 0 Å². The van der Waals surface area contributed by atoms with Gasteiger partial charge in [0.2, 0.25) is 0 Å². The molecule has 3 saturated carbocycles. The zero-order chi connectivity index (χ0) is 8.74. The van der Waals surface area contributed by atoms with E-state index in [0.29, 0.717) is 11.8 Å². The van der Waals surface area contributed by atoms with Crippen LogP contribution in [0, 0.1) is 35.5 Å². The molecule has 0 spiro atoms. The van der Waals surface area contributed by atoms with Gasteiger partial charge in [0.1, 0.15) is 0 Å². The Morgan fingerprint density at radius 2 is 1.31 bits per heavy atom. The zero-order valence-corrected chi connectivity index (χ0v) is 7.10. The quantitative estimate of drug-likeness (QED) is 0.402. The van der Waals surface area contributed by atoms with E-state index in [1.807, 2.05) is 0 Å². The van der Waals surface area contributed by atoms with Gasteiger partial charge in [-0.3, -0.25) is 9.59 Å². The van der Waals surface area contributed by atoms with Crippen LogP contribution in [-0.4, -0.2) is 11.9 Å². The number of carbonyl (C=O) groups is 2. The lowest BCUT2D eigenvalue weighted by molar-refractivity contribution is -0.154. The lowest BCUT2D eigenvalue weighted by Gasteiger charge is -2.17. The van der Waals surface area contributed by atoms with Crippen LogP contribution in [0.4, 0.5) is 0 Å². The highest BCUT2D eigenvalue weighted by Gasteiger charge is 2.71. The second kappa shape index (κ2) is 1.68. The van der Waals surface area contributed by atoms with Crippen LogP contribution in [0.5, 0.6) is 0 Å². The van der Waals surface area contributed by atoms with Gasteiger partial charge in [-0.05, 0) is 36.5 Å². The molecule has 3 heteroatoms. The van der Waals surface area contributed by atoms with Gasteiger partial charge in [0, 0.05) is 0 Å². The van der Waals surface area contributed by atoms with E-state index < -0.39 is 0 Å². The smallest absolute Gasteiger partial charge is 0.317 e. The molecule has 0 N–H and O–H groups in total. The summed E-state index contributed by atoms with van der Waals surface area (Å²) in [4.78, 5) is 22.8. The Bertz CT molecular complexity index is 305. The van der Waals surface area contributed by atoms with Crippen molar-refractivity contribution in [1.29, 1.82) is 0 Å². The van der Waals surface area contributed by atoms with Crippen LogP contribution >= 0.6 is 0 Å². The molecule has 1 heterocycles. The maximum Gasteiger partial charge on any atom is 0.317 e. The monoisotopic (exact) mass is 178 g/mol. The normalized spacial score (nSPS) is 60.6. The van der Waals surface area contributed by atoms with Crippen molar-refractivity contribution in [3.63, 3.8) is 0 Å². The fourth-order valence-corrected chi connectivity index (χ4v) is 4.12. The van der Waals surface area contributed by atoms with E-state index in [-0.39, 0.29) is 23.8 Å². The number of ether oxygens (including phenoxy) is 1. The third kappa shape index (κ3) is 0.550. The number of fused-ring (bicyclic) bond motifs is 8. The average Bonchev–Trinajstić information content (AvgIpc) is 2.58. The van der Waals surface area contributed by atoms with E-state index in [0.717, 1.165) is 18.3 Å². The molecule has 6 atom stereocenters. The van der Waals surface area contributed by atoms with Crippen LogP contribution in [0.25, 0.3) is 0 Å². The highest BCUT2D eigenvalue weighted by atomic mass is 16.6. The summed E-state index contributed by atoms with van der Waals surface area (Å²) in [6.45, 7) is 0. The van der Waals surface area contributed by atoms with Crippen molar-refractivity contribution in [2.75, 3.05) is 0 Å². The summed E-state index contributed by atoms with van der Waals surface area (Å²) in [5.74, 6) is 2.00. The average molecular weight is 178 g/mol. The molecule has 3 nitrogen and oxygen atoms in total. The van der Waals surface area contributed by atoms with Gasteiger partial charge in [0.15, 0.2) is 0 Å². The van der Waals surface area contributed by atoms with E-state index in [1.165, 1.54) is 6.42 Å². The minimum Gasteiger partial charge on any atom is -0.393 e. The van der Waals surface area contributed by atoms with E-state index in [4.69, 9.17) is 4.74 Å². The van der Waals surface area contributed by atoms with E-state index >= 15 is 0 Å². The Labute approximate surface area is 75.4 Å². The molecule has 0 amide bonds. The maximum absolute atomic E-state index is 11.4. The predicted octanol–water partition coefficient (Wildman–Crippen LogP) is 0.588. The Morgan fingerprint density at radius 3 is 1.85 bits per heavy atom. The van der Waals surface area contributed by atoms with Gasteiger partial charge >= 0.3 is 11.9 Å². The lowest BCUT2D eigenvalue weighted by Crippen LogP contribution is -2.26. The molecule has 2 unspecified atom stereocenters. The third-order valence-corrected chi connectivity index (χ3v) is 4.59. The van der Waals surface area contributed by atoms with E-state index in [1.54, 1.807) is 0 Å². The standard InChI is InChI=1S/C10H10O3/c11-9-7-5-2-6(4-1-3(4)5)8(7)10(12)13-9/h3-8H,1-2H2/t3-,4+,5?,6?,7+,8-. The fourth-order valence-electron chi connectivity index (χ4n) is 4.12. The first-order valence-corrected chi connectivity index (χ1v) is 5.03. The molecule has 4 rings (SSSR count). The number of hydrogen-bond acceptors (Lipinski definition) is 3. The molecule has 68 valence electrons.